The average molecular weight is 430 g/mol. The van der Waals surface area contributed by atoms with Gasteiger partial charge in [-0.2, -0.15) is 0 Å². The second kappa shape index (κ2) is 7.60. The van der Waals surface area contributed by atoms with Crippen LogP contribution >= 0.6 is 34.2 Å². The predicted octanol–water partition coefficient (Wildman–Crippen LogP) is 4.13. The minimum Gasteiger partial charge on any atom is -0.449 e. The molecule has 4 nitrogen and oxygen atoms in total. The lowest BCUT2D eigenvalue weighted by atomic mass is 10.2. The van der Waals surface area contributed by atoms with E-state index in [0.717, 1.165) is 3.57 Å². The van der Waals surface area contributed by atoms with Crippen molar-refractivity contribution in [2.45, 2.75) is 13.0 Å². The van der Waals surface area contributed by atoms with Crippen LogP contribution in [0, 0.1) is 3.57 Å². The smallest absolute Gasteiger partial charge is 0.339 e. The van der Waals surface area contributed by atoms with E-state index in [0.29, 0.717) is 16.3 Å². The zero-order chi connectivity index (χ0) is 16.1. The number of carbonyl (C=O) groups is 2. The number of amides is 1. The molecule has 2 rings (SSSR count). The second-order valence-corrected chi connectivity index (χ2v) is 6.12. The first-order valence-corrected chi connectivity index (χ1v) is 7.95. The van der Waals surface area contributed by atoms with Crippen LogP contribution in [0.5, 0.6) is 0 Å². The third kappa shape index (κ3) is 4.45. The van der Waals surface area contributed by atoms with Gasteiger partial charge in [0.2, 0.25) is 0 Å². The first kappa shape index (κ1) is 16.8. The van der Waals surface area contributed by atoms with Crippen LogP contribution in [-0.2, 0) is 9.53 Å². The molecular weight excluding hydrogens is 417 g/mol. The largest absolute Gasteiger partial charge is 0.449 e. The van der Waals surface area contributed by atoms with Crippen LogP contribution in [-0.4, -0.2) is 18.0 Å². The molecule has 0 aliphatic rings. The van der Waals surface area contributed by atoms with Crippen molar-refractivity contribution in [3.63, 3.8) is 0 Å². The lowest BCUT2D eigenvalue weighted by molar-refractivity contribution is -0.123. The fourth-order valence-corrected chi connectivity index (χ4v) is 2.42. The van der Waals surface area contributed by atoms with Gasteiger partial charge >= 0.3 is 5.97 Å². The van der Waals surface area contributed by atoms with E-state index in [1.54, 1.807) is 42.5 Å². The fraction of sp³-hybridized carbons (Fsp3) is 0.125. The molecular formula is C16H13ClINO3. The fourth-order valence-electron chi connectivity index (χ4n) is 1.68. The average Bonchev–Trinajstić information content (AvgIpc) is 2.49. The molecule has 0 bridgehead atoms. The van der Waals surface area contributed by atoms with E-state index in [1.165, 1.54) is 6.92 Å². The topological polar surface area (TPSA) is 55.4 Å². The van der Waals surface area contributed by atoms with Crippen LogP contribution in [0.3, 0.4) is 0 Å². The van der Waals surface area contributed by atoms with Crippen molar-refractivity contribution in [1.29, 1.82) is 0 Å². The highest BCUT2D eigenvalue weighted by Crippen LogP contribution is 2.16. The molecule has 22 heavy (non-hydrogen) atoms. The molecule has 0 fully saturated rings. The Labute approximate surface area is 146 Å². The number of esters is 1. The maximum absolute atomic E-state index is 12.1. The Kier molecular flexibility index (Phi) is 5.79. The number of hydrogen-bond acceptors (Lipinski definition) is 3. The molecule has 1 N–H and O–H groups in total. The Morgan fingerprint density at radius 3 is 2.41 bits per heavy atom. The molecule has 0 spiro atoms. The number of hydrogen-bond donors (Lipinski definition) is 1. The molecule has 1 amide bonds. The van der Waals surface area contributed by atoms with Gasteiger partial charge in [0.25, 0.3) is 5.91 Å². The van der Waals surface area contributed by atoms with Gasteiger partial charge in [-0.25, -0.2) is 4.79 Å². The van der Waals surface area contributed by atoms with Crippen molar-refractivity contribution >= 4 is 51.8 Å². The highest BCUT2D eigenvalue weighted by Gasteiger charge is 2.20. The van der Waals surface area contributed by atoms with Gasteiger partial charge in [-0.05, 0) is 65.9 Å². The van der Waals surface area contributed by atoms with Gasteiger partial charge < -0.3 is 10.1 Å². The van der Waals surface area contributed by atoms with E-state index in [-0.39, 0.29) is 0 Å². The van der Waals surface area contributed by atoms with E-state index in [9.17, 15) is 9.59 Å². The lowest BCUT2D eigenvalue weighted by Gasteiger charge is -2.14. The first-order valence-electron chi connectivity index (χ1n) is 6.49. The summed E-state index contributed by atoms with van der Waals surface area (Å²) < 4.78 is 5.97. The number of anilines is 1. The summed E-state index contributed by atoms with van der Waals surface area (Å²) >= 11 is 7.83. The van der Waals surface area contributed by atoms with Crippen LogP contribution in [0.25, 0.3) is 0 Å². The standard InChI is InChI=1S/C16H13ClINO3/c1-10(15(20)19-12-8-6-11(17)7-9-12)22-16(21)13-4-2-3-5-14(13)18/h2-10H,1H3,(H,19,20). The van der Waals surface area contributed by atoms with Crippen molar-refractivity contribution in [3.8, 4) is 0 Å². The van der Waals surface area contributed by atoms with Crippen LogP contribution in [0.15, 0.2) is 48.5 Å². The highest BCUT2D eigenvalue weighted by molar-refractivity contribution is 14.1. The van der Waals surface area contributed by atoms with Gasteiger partial charge in [-0.15, -0.1) is 0 Å². The molecule has 2 aromatic carbocycles. The van der Waals surface area contributed by atoms with Gasteiger partial charge in [0.15, 0.2) is 6.10 Å². The summed E-state index contributed by atoms with van der Waals surface area (Å²) in [5.41, 5.74) is 1.03. The van der Waals surface area contributed by atoms with Crippen molar-refractivity contribution in [2.24, 2.45) is 0 Å². The molecule has 0 saturated heterocycles. The molecule has 0 aliphatic heterocycles. The molecule has 0 aliphatic carbocycles. The first-order chi connectivity index (χ1) is 10.5. The Morgan fingerprint density at radius 2 is 1.77 bits per heavy atom. The summed E-state index contributed by atoms with van der Waals surface area (Å²) in [4.78, 5) is 24.1. The summed E-state index contributed by atoms with van der Waals surface area (Å²) in [6, 6.07) is 13.7. The third-order valence-corrected chi connectivity index (χ3v) is 4.05. The summed E-state index contributed by atoms with van der Waals surface area (Å²) in [6.45, 7) is 1.53. The van der Waals surface area contributed by atoms with Crippen LogP contribution in [0.4, 0.5) is 5.69 Å². The van der Waals surface area contributed by atoms with Crippen molar-refractivity contribution in [2.75, 3.05) is 5.32 Å². The normalized spacial score (nSPS) is 11.6. The van der Waals surface area contributed by atoms with E-state index in [4.69, 9.17) is 16.3 Å². The van der Waals surface area contributed by atoms with E-state index < -0.39 is 18.0 Å². The van der Waals surface area contributed by atoms with Crippen molar-refractivity contribution in [1.82, 2.24) is 0 Å². The van der Waals surface area contributed by atoms with E-state index >= 15 is 0 Å². The minimum atomic E-state index is -0.904. The van der Waals surface area contributed by atoms with Crippen LogP contribution in [0.1, 0.15) is 17.3 Å². The molecule has 1 unspecified atom stereocenters. The van der Waals surface area contributed by atoms with Gasteiger partial charge in [0.05, 0.1) is 5.56 Å². The summed E-state index contributed by atoms with van der Waals surface area (Å²) in [7, 11) is 0. The quantitative estimate of drug-likeness (QED) is 0.587. The number of halogens is 2. The monoisotopic (exact) mass is 429 g/mol. The maximum atomic E-state index is 12.1. The molecule has 0 radical (unpaired) electrons. The highest BCUT2D eigenvalue weighted by atomic mass is 127. The molecule has 0 heterocycles. The Balaban J connectivity index is 1.98. The number of rotatable bonds is 4. The zero-order valence-electron chi connectivity index (χ0n) is 11.7. The van der Waals surface area contributed by atoms with Gasteiger partial charge in [0, 0.05) is 14.3 Å². The SMILES string of the molecule is CC(OC(=O)c1ccccc1I)C(=O)Nc1ccc(Cl)cc1. The molecule has 6 heteroatoms. The number of benzene rings is 2. The molecule has 114 valence electrons. The van der Waals surface area contributed by atoms with Crippen LogP contribution in [0.2, 0.25) is 5.02 Å². The zero-order valence-corrected chi connectivity index (χ0v) is 14.6. The molecule has 0 saturated carbocycles. The molecule has 2 aromatic rings. The van der Waals surface area contributed by atoms with Crippen LogP contribution < -0.4 is 5.32 Å². The second-order valence-electron chi connectivity index (χ2n) is 4.52. The molecule has 1 atom stereocenters. The number of carbonyl (C=O) groups excluding carboxylic acids is 2. The van der Waals surface area contributed by atoms with Crippen molar-refractivity contribution in [3.05, 3.63) is 62.7 Å². The summed E-state index contributed by atoms with van der Waals surface area (Å²) in [5.74, 6) is -0.926. The Morgan fingerprint density at radius 1 is 1.14 bits per heavy atom. The Hall–Kier alpha value is -1.60. The van der Waals surface area contributed by atoms with Gasteiger partial charge in [0.1, 0.15) is 0 Å². The number of nitrogens with one attached hydrogen (secondary N) is 1. The third-order valence-electron chi connectivity index (χ3n) is 2.86. The summed E-state index contributed by atoms with van der Waals surface area (Å²) in [6.07, 6.45) is -0.904. The van der Waals surface area contributed by atoms with E-state index in [2.05, 4.69) is 5.32 Å². The lowest BCUT2D eigenvalue weighted by Crippen LogP contribution is -2.30. The number of ether oxygens (including phenoxy) is 1. The van der Waals surface area contributed by atoms with Gasteiger partial charge in [-0.3, -0.25) is 4.79 Å². The van der Waals surface area contributed by atoms with Crippen molar-refractivity contribution < 1.29 is 14.3 Å². The summed E-state index contributed by atoms with van der Waals surface area (Å²) in [5, 5.41) is 3.24. The predicted molar refractivity (Wildman–Crippen MR) is 94.1 cm³/mol. The Bertz CT molecular complexity index is 688. The minimum absolute atomic E-state index is 0.401. The maximum Gasteiger partial charge on any atom is 0.339 e. The molecule has 0 aromatic heterocycles. The van der Waals surface area contributed by atoms with Gasteiger partial charge in [-0.1, -0.05) is 23.7 Å². The van der Waals surface area contributed by atoms with E-state index in [1.807, 2.05) is 28.7 Å².